The average molecular weight is 587 g/mol. The third-order valence-corrected chi connectivity index (χ3v) is 10.1. The number of hydrogen-bond donors (Lipinski definition) is 2. The lowest BCUT2D eigenvalue weighted by Gasteiger charge is -2.53. The van der Waals surface area contributed by atoms with Crippen molar-refractivity contribution in [2.75, 3.05) is 0 Å². The minimum absolute atomic E-state index is 0.0636. The van der Waals surface area contributed by atoms with E-state index in [1.807, 2.05) is 39.0 Å². The predicted octanol–water partition coefficient (Wildman–Crippen LogP) is 9.98. The fourth-order valence-electron chi connectivity index (χ4n) is 7.09. The molecular formula is C40H58O3. The van der Waals surface area contributed by atoms with Crippen molar-refractivity contribution in [2.45, 2.75) is 131 Å². The first-order valence-corrected chi connectivity index (χ1v) is 16.2. The fraction of sp³-hybridized carbons (Fsp3) is 0.550. The van der Waals surface area contributed by atoms with Crippen LogP contribution in [0.5, 0.6) is 0 Å². The van der Waals surface area contributed by atoms with E-state index in [4.69, 9.17) is 4.74 Å². The molecule has 0 saturated heterocycles. The van der Waals surface area contributed by atoms with Crippen molar-refractivity contribution < 1.29 is 14.9 Å². The van der Waals surface area contributed by atoms with Gasteiger partial charge in [0.1, 0.15) is 5.60 Å². The van der Waals surface area contributed by atoms with Crippen molar-refractivity contribution in [1.29, 1.82) is 0 Å². The number of rotatable bonds is 9. The molecule has 0 aromatic rings. The highest BCUT2D eigenvalue weighted by Gasteiger charge is 2.56. The molecule has 43 heavy (non-hydrogen) atoms. The monoisotopic (exact) mass is 586 g/mol. The molecule has 3 aliphatic rings. The summed E-state index contributed by atoms with van der Waals surface area (Å²) in [7, 11) is 0. The van der Waals surface area contributed by atoms with E-state index < -0.39 is 11.2 Å². The number of fused-ring (bicyclic) bond motifs is 1. The molecule has 1 unspecified atom stereocenters. The third-order valence-electron chi connectivity index (χ3n) is 10.1. The van der Waals surface area contributed by atoms with Crippen LogP contribution < -0.4 is 0 Å². The molecule has 2 N–H and O–H groups in total. The third kappa shape index (κ3) is 8.38. The topological polar surface area (TPSA) is 49.7 Å². The first-order valence-electron chi connectivity index (χ1n) is 16.2. The van der Waals surface area contributed by atoms with Crippen LogP contribution in [0.4, 0.5) is 0 Å². The van der Waals surface area contributed by atoms with Crippen LogP contribution in [-0.4, -0.2) is 33.1 Å². The van der Waals surface area contributed by atoms with Gasteiger partial charge in [-0.3, -0.25) is 0 Å². The van der Waals surface area contributed by atoms with Crippen LogP contribution in [0.25, 0.3) is 0 Å². The molecule has 3 nitrogen and oxygen atoms in total. The fourth-order valence-corrected chi connectivity index (χ4v) is 7.09. The average Bonchev–Trinajstić information content (AvgIpc) is 3.27. The Bertz CT molecular complexity index is 1270. The highest BCUT2D eigenvalue weighted by Crippen LogP contribution is 2.52. The van der Waals surface area contributed by atoms with Gasteiger partial charge in [-0.15, -0.1) is 0 Å². The van der Waals surface area contributed by atoms with Gasteiger partial charge in [-0.1, -0.05) is 111 Å². The van der Waals surface area contributed by atoms with Crippen LogP contribution in [0.2, 0.25) is 0 Å². The molecule has 1 heterocycles. The summed E-state index contributed by atoms with van der Waals surface area (Å²) in [4.78, 5) is 0. The molecule has 1 aliphatic heterocycles. The summed E-state index contributed by atoms with van der Waals surface area (Å²) in [5, 5.41) is 22.3. The summed E-state index contributed by atoms with van der Waals surface area (Å²) in [6.07, 6.45) is 33.0. The standard InChI is InChI=1S/C40H58O3/c1-30(19-13-20-32(3)23-28-40(42)37(7,8)25-16-27-39(40,10)41)17-11-12-18-31(2)21-14-22-33(4)34-29-35-36(5,6)24-15-26-38(35,9)43-34/h11-14,17-23,28-29,34,41-42H,15-16,24-27H2,1-10H3/b12-11+,19-13+,21-14+,28-23+,30-17+,31-18+,32-20+,33-22+/t34?,38-,39-,40+/m1/s1. The number of hydrogen-bond acceptors (Lipinski definition) is 3. The highest BCUT2D eigenvalue weighted by atomic mass is 16.5. The van der Waals surface area contributed by atoms with Gasteiger partial charge in [-0.05, 0) is 114 Å². The van der Waals surface area contributed by atoms with Crippen molar-refractivity contribution in [2.24, 2.45) is 10.8 Å². The van der Waals surface area contributed by atoms with Crippen LogP contribution in [0.1, 0.15) is 108 Å². The molecule has 2 aliphatic carbocycles. The van der Waals surface area contributed by atoms with Crippen LogP contribution in [0, 0.1) is 10.8 Å². The maximum atomic E-state index is 11.4. The molecule has 3 heteroatoms. The lowest BCUT2D eigenvalue weighted by molar-refractivity contribution is -0.194. The lowest BCUT2D eigenvalue weighted by Crippen LogP contribution is -2.62. The van der Waals surface area contributed by atoms with Crippen molar-refractivity contribution in [3.8, 4) is 0 Å². The van der Waals surface area contributed by atoms with Gasteiger partial charge in [0.2, 0.25) is 0 Å². The van der Waals surface area contributed by atoms with Crippen molar-refractivity contribution in [3.63, 3.8) is 0 Å². The largest absolute Gasteiger partial charge is 0.387 e. The first-order chi connectivity index (χ1) is 19.9. The van der Waals surface area contributed by atoms with E-state index in [0.717, 1.165) is 30.4 Å². The molecule has 0 aromatic heterocycles. The second-order valence-electron chi connectivity index (χ2n) is 14.9. The summed E-state index contributed by atoms with van der Waals surface area (Å²) in [5.74, 6) is 0. The molecule has 4 atom stereocenters. The van der Waals surface area contributed by atoms with E-state index in [1.54, 1.807) is 13.0 Å². The predicted molar refractivity (Wildman–Crippen MR) is 184 cm³/mol. The van der Waals surface area contributed by atoms with Crippen LogP contribution in [0.15, 0.2) is 107 Å². The summed E-state index contributed by atoms with van der Waals surface area (Å²) in [5.41, 5.74) is 3.39. The zero-order chi connectivity index (χ0) is 32.1. The minimum atomic E-state index is -1.26. The van der Waals surface area contributed by atoms with Crippen molar-refractivity contribution in [3.05, 3.63) is 107 Å². The summed E-state index contributed by atoms with van der Waals surface area (Å²) >= 11 is 0. The molecule has 0 bridgehead atoms. The lowest BCUT2D eigenvalue weighted by atomic mass is 9.58. The molecule has 2 saturated carbocycles. The zero-order valence-electron chi connectivity index (χ0n) is 28.6. The number of ether oxygens (including phenoxy) is 1. The molecule has 2 fully saturated rings. The van der Waals surface area contributed by atoms with Gasteiger partial charge in [0, 0.05) is 0 Å². The number of aliphatic hydroxyl groups is 2. The van der Waals surface area contributed by atoms with Gasteiger partial charge < -0.3 is 14.9 Å². The van der Waals surface area contributed by atoms with Gasteiger partial charge in [0.05, 0.1) is 17.3 Å². The molecule has 0 aromatic carbocycles. The van der Waals surface area contributed by atoms with Gasteiger partial charge >= 0.3 is 0 Å². The van der Waals surface area contributed by atoms with Crippen LogP contribution >= 0.6 is 0 Å². The Morgan fingerprint density at radius 2 is 1.23 bits per heavy atom. The van der Waals surface area contributed by atoms with E-state index in [-0.39, 0.29) is 22.5 Å². The van der Waals surface area contributed by atoms with E-state index >= 15 is 0 Å². The highest BCUT2D eigenvalue weighted by molar-refractivity contribution is 5.37. The zero-order valence-corrected chi connectivity index (χ0v) is 28.6. The normalized spacial score (nSPS) is 34.1. The van der Waals surface area contributed by atoms with Crippen molar-refractivity contribution >= 4 is 0 Å². The Labute approximate surface area is 262 Å². The van der Waals surface area contributed by atoms with Gasteiger partial charge in [-0.25, -0.2) is 0 Å². The smallest absolute Gasteiger partial charge is 0.116 e. The second kappa shape index (κ2) is 13.7. The van der Waals surface area contributed by atoms with Crippen LogP contribution in [-0.2, 0) is 4.74 Å². The maximum absolute atomic E-state index is 11.4. The van der Waals surface area contributed by atoms with Gasteiger partial charge in [0.15, 0.2) is 0 Å². The molecular weight excluding hydrogens is 528 g/mol. The Hall–Kier alpha value is -2.46. The minimum Gasteiger partial charge on any atom is -0.387 e. The molecule has 3 rings (SSSR count). The second-order valence-corrected chi connectivity index (χ2v) is 14.9. The SMILES string of the molecule is CC(/C=C/C=C(C)/C=C/[C@]1(O)C(C)(C)CCC[C@@]1(C)O)=C\C=C\C=C(C)\C=C\C=C(/C)C1C=C2C(C)(C)CCC[C@@]2(C)O1. The Kier molecular flexibility index (Phi) is 11.1. The molecule has 0 radical (unpaired) electrons. The molecule has 0 spiro atoms. The van der Waals surface area contributed by atoms with E-state index in [2.05, 4.69) is 96.2 Å². The molecule has 236 valence electrons. The van der Waals surface area contributed by atoms with E-state index in [0.29, 0.717) is 6.42 Å². The maximum Gasteiger partial charge on any atom is 0.116 e. The summed E-state index contributed by atoms with van der Waals surface area (Å²) < 4.78 is 6.55. The van der Waals surface area contributed by atoms with Gasteiger partial charge in [-0.2, -0.15) is 0 Å². The Balaban J connectivity index is 1.53. The number of allylic oxidation sites excluding steroid dienone is 14. The summed E-state index contributed by atoms with van der Waals surface area (Å²) in [6.45, 7) is 21.1. The Morgan fingerprint density at radius 1 is 0.698 bits per heavy atom. The van der Waals surface area contributed by atoms with Gasteiger partial charge in [0.25, 0.3) is 0 Å². The van der Waals surface area contributed by atoms with Crippen molar-refractivity contribution in [1.82, 2.24) is 0 Å². The van der Waals surface area contributed by atoms with Crippen LogP contribution in [0.3, 0.4) is 0 Å². The first kappa shape index (κ1) is 35.0. The van der Waals surface area contributed by atoms with E-state index in [9.17, 15) is 10.2 Å². The quantitative estimate of drug-likeness (QED) is 0.209. The van der Waals surface area contributed by atoms with E-state index in [1.165, 1.54) is 29.6 Å². The molecule has 0 amide bonds. The summed E-state index contributed by atoms with van der Waals surface area (Å²) in [6, 6.07) is 0. The Morgan fingerprint density at radius 3 is 1.81 bits per heavy atom.